The summed E-state index contributed by atoms with van der Waals surface area (Å²) in [7, 11) is 0. The minimum atomic E-state index is -0.250. The van der Waals surface area contributed by atoms with Crippen LogP contribution in [0.2, 0.25) is 0 Å². The Morgan fingerprint density at radius 2 is 1.69 bits per heavy atom. The largest absolute Gasteiger partial charge is 0.466 e. The number of nitrogens with zero attached hydrogens (tertiary/aromatic N) is 8. The number of carbonyl (C=O) groups excluding carboxylic acids is 2. The van der Waals surface area contributed by atoms with Gasteiger partial charge in [-0.15, -0.1) is 0 Å². The molecule has 7 rings (SSSR count). The van der Waals surface area contributed by atoms with Crippen LogP contribution < -0.4 is 5.73 Å². The highest BCUT2D eigenvalue weighted by molar-refractivity contribution is 6.00. The van der Waals surface area contributed by atoms with Crippen LogP contribution in [-0.4, -0.2) is 77.6 Å². The van der Waals surface area contributed by atoms with Gasteiger partial charge in [0.15, 0.2) is 17.2 Å². The number of anilines is 1. The summed E-state index contributed by atoms with van der Waals surface area (Å²) in [6.45, 7) is 7.51. The maximum Gasteiger partial charge on any atom is 0.410 e. The summed E-state index contributed by atoms with van der Waals surface area (Å²) in [6.07, 6.45) is 12.2. The lowest BCUT2D eigenvalue weighted by Gasteiger charge is -2.34. The van der Waals surface area contributed by atoms with Crippen LogP contribution in [0.3, 0.4) is 0 Å². The first-order valence-electron chi connectivity index (χ1n) is 17.2. The molecule has 48 heavy (non-hydrogen) atoms. The highest BCUT2D eigenvalue weighted by Crippen LogP contribution is 2.48. The second kappa shape index (κ2) is 13.5. The van der Waals surface area contributed by atoms with Gasteiger partial charge in [-0.2, -0.15) is 5.10 Å². The molecular formula is C34H43N9O5. The van der Waals surface area contributed by atoms with E-state index in [1.54, 1.807) is 4.90 Å². The van der Waals surface area contributed by atoms with Crippen LogP contribution in [0.5, 0.6) is 0 Å². The van der Waals surface area contributed by atoms with E-state index < -0.39 is 0 Å². The Morgan fingerprint density at radius 1 is 0.958 bits per heavy atom. The molecule has 1 amide bonds. The lowest BCUT2D eigenvalue weighted by molar-refractivity contribution is -0.144. The number of aromatic nitrogens is 7. The van der Waals surface area contributed by atoms with E-state index in [9.17, 15) is 9.59 Å². The maximum atomic E-state index is 13.0. The van der Waals surface area contributed by atoms with Crippen molar-refractivity contribution in [3.63, 3.8) is 0 Å². The highest BCUT2D eigenvalue weighted by Gasteiger charge is 2.36. The summed E-state index contributed by atoms with van der Waals surface area (Å²) in [5.41, 5.74) is 9.83. The molecule has 2 N–H and O–H groups in total. The van der Waals surface area contributed by atoms with Crippen LogP contribution in [0.15, 0.2) is 23.2 Å². The van der Waals surface area contributed by atoms with Crippen molar-refractivity contribution in [3.8, 4) is 22.8 Å². The van der Waals surface area contributed by atoms with Crippen molar-refractivity contribution in [2.45, 2.75) is 103 Å². The molecule has 254 valence electrons. The van der Waals surface area contributed by atoms with E-state index in [4.69, 9.17) is 34.8 Å². The molecule has 3 aliphatic rings. The van der Waals surface area contributed by atoms with Gasteiger partial charge >= 0.3 is 12.1 Å². The van der Waals surface area contributed by atoms with Gasteiger partial charge < -0.3 is 24.6 Å². The third-order valence-corrected chi connectivity index (χ3v) is 9.84. The summed E-state index contributed by atoms with van der Waals surface area (Å²) in [6, 6.07) is 0.0433. The molecule has 0 atom stereocenters. The molecule has 14 heteroatoms. The Kier molecular flexibility index (Phi) is 8.97. The Bertz CT molecular complexity index is 1770. The lowest BCUT2D eigenvalue weighted by Crippen LogP contribution is -2.40. The molecule has 0 spiro atoms. The van der Waals surface area contributed by atoms with Gasteiger partial charge in [0.25, 0.3) is 0 Å². The Labute approximate surface area is 278 Å². The van der Waals surface area contributed by atoms with Gasteiger partial charge in [0.2, 0.25) is 0 Å². The van der Waals surface area contributed by atoms with Crippen molar-refractivity contribution in [3.05, 3.63) is 30.0 Å². The van der Waals surface area contributed by atoms with E-state index >= 15 is 0 Å². The molecule has 2 saturated carbocycles. The molecule has 3 fully saturated rings. The number of nitrogens with two attached hydrogens (primary N) is 1. The van der Waals surface area contributed by atoms with E-state index in [2.05, 4.69) is 15.1 Å². The van der Waals surface area contributed by atoms with Crippen molar-refractivity contribution >= 4 is 28.9 Å². The van der Waals surface area contributed by atoms with E-state index in [0.717, 1.165) is 68.3 Å². The zero-order valence-electron chi connectivity index (χ0n) is 27.8. The summed E-state index contributed by atoms with van der Waals surface area (Å²) >= 11 is 0. The number of likely N-dealkylation sites (tertiary alicyclic amines) is 1. The summed E-state index contributed by atoms with van der Waals surface area (Å²) < 4.78 is 18.7. The van der Waals surface area contributed by atoms with Gasteiger partial charge in [-0.05, 0) is 89.5 Å². The number of esters is 1. The lowest BCUT2D eigenvalue weighted by atomic mass is 9.85. The van der Waals surface area contributed by atoms with Crippen molar-refractivity contribution in [2.75, 3.05) is 25.4 Å². The second-order valence-electron chi connectivity index (χ2n) is 13.5. The van der Waals surface area contributed by atoms with Crippen LogP contribution in [0, 0.1) is 5.92 Å². The van der Waals surface area contributed by atoms with Crippen molar-refractivity contribution < 1.29 is 23.6 Å². The molecule has 4 aromatic rings. The molecule has 1 saturated heterocycles. The standard InChI is InChI=1S/C34H43N9O5/c1-4-46-25(44)15-20-5-9-24(10-6-20)47-34(45)42-13-11-21(12-14-42)23-16-36-32(37-17-23)26-29(41-48-30(26)22-7-8-22)28-27-31(35)38-18-39-33(27)43(40-28)19(2)3/h16-22,24H,4-15H2,1-3H3,(H2,35,38,39). The molecular weight excluding hydrogens is 614 g/mol. The third-order valence-electron chi connectivity index (χ3n) is 9.84. The van der Waals surface area contributed by atoms with Crippen LogP contribution in [0.25, 0.3) is 33.8 Å². The van der Waals surface area contributed by atoms with Crippen LogP contribution in [0.1, 0.15) is 108 Å². The van der Waals surface area contributed by atoms with E-state index in [1.807, 2.05) is 37.8 Å². The minimum Gasteiger partial charge on any atom is -0.466 e. The van der Waals surface area contributed by atoms with E-state index in [-0.39, 0.29) is 36.0 Å². The monoisotopic (exact) mass is 657 g/mol. The van der Waals surface area contributed by atoms with Gasteiger partial charge in [-0.1, -0.05) is 5.16 Å². The highest BCUT2D eigenvalue weighted by atomic mass is 16.6. The Hall–Kier alpha value is -4.62. The van der Waals surface area contributed by atoms with Crippen LogP contribution >= 0.6 is 0 Å². The number of nitrogen functional groups attached to an aromatic ring is 1. The summed E-state index contributed by atoms with van der Waals surface area (Å²) in [4.78, 5) is 44.9. The van der Waals surface area contributed by atoms with Gasteiger partial charge in [-0.3, -0.25) is 4.79 Å². The number of amides is 1. The number of ether oxygens (including phenoxy) is 2. The Balaban J connectivity index is 1.01. The molecule has 4 aromatic heterocycles. The van der Waals surface area contributed by atoms with E-state index in [0.29, 0.717) is 66.1 Å². The molecule has 2 aliphatic carbocycles. The number of hydrogen-bond donors (Lipinski definition) is 1. The van der Waals surface area contributed by atoms with Crippen molar-refractivity contribution in [2.24, 2.45) is 5.92 Å². The number of piperidine rings is 1. The predicted molar refractivity (Wildman–Crippen MR) is 176 cm³/mol. The maximum absolute atomic E-state index is 13.0. The van der Waals surface area contributed by atoms with Gasteiger partial charge in [0, 0.05) is 43.9 Å². The van der Waals surface area contributed by atoms with E-state index in [1.165, 1.54) is 6.33 Å². The molecule has 0 unspecified atom stereocenters. The second-order valence-corrected chi connectivity index (χ2v) is 13.5. The smallest absolute Gasteiger partial charge is 0.410 e. The molecule has 0 aromatic carbocycles. The Morgan fingerprint density at radius 3 is 2.35 bits per heavy atom. The van der Waals surface area contributed by atoms with Crippen molar-refractivity contribution in [1.82, 2.24) is 39.8 Å². The first-order chi connectivity index (χ1) is 23.3. The summed E-state index contributed by atoms with van der Waals surface area (Å²) in [5, 5.41) is 9.97. The van der Waals surface area contributed by atoms with Crippen molar-refractivity contribution in [1.29, 1.82) is 0 Å². The zero-order valence-corrected chi connectivity index (χ0v) is 27.8. The number of hydrogen-bond acceptors (Lipinski definition) is 12. The number of rotatable bonds is 9. The molecule has 0 bridgehead atoms. The molecule has 14 nitrogen and oxygen atoms in total. The van der Waals surface area contributed by atoms with Crippen LogP contribution in [-0.2, 0) is 14.3 Å². The van der Waals surface area contributed by atoms with Crippen LogP contribution in [0.4, 0.5) is 10.6 Å². The molecule has 0 radical (unpaired) electrons. The number of fused-ring (bicyclic) bond motifs is 1. The van der Waals surface area contributed by atoms with Gasteiger partial charge in [0.05, 0.1) is 17.6 Å². The quantitative estimate of drug-likeness (QED) is 0.214. The number of carbonyl (C=O) groups is 2. The average Bonchev–Trinajstić information content (AvgIpc) is 3.71. The summed E-state index contributed by atoms with van der Waals surface area (Å²) in [5.74, 6) is 2.27. The SMILES string of the molecule is CCOC(=O)CC1CCC(OC(=O)N2CCC(c3cnc(-c4c(-c5nn(C(C)C)c6ncnc(N)c56)noc4C4CC4)nc3)CC2)CC1. The molecule has 1 aliphatic heterocycles. The third kappa shape index (κ3) is 6.44. The fourth-order valence-corrected chi connectivity index (χ4v) is 7.03. The topological polar surface area (TPSA) is 177 Å². The van der Waals surface area contributed by atoms with Gasteiger partial charge in [-0.25, -0.2) is 29.4 Å². The van der Waals surface area contributed by atoms with Gasteiger partial charge in [0.1, 0.15) is 29.6 Å². The first-order valence-corrected chi connectivity index (χ1v) is 17.2. The molecule has 5 heterocycles. The fraction of sp³-hybridized carbons (Fsp3) is 0.588. The minimum absolute atomic E-state index is 0.0433. The predicted octanol–water partition coefficient (Wildman–Crippen LogP) is 5.81. The zero-order chi connectivity index (χ0) is 33.4. The normalized spacial score (nSPS) is 20.4. The fourth-order valence-electron chi connectivity index (χ4n) is 7.03. The average molecular weight is 658 g/mol. The first kappa shape index (κ1) is 32.0.